The molecule has 6 heteroatoms. The molecule has 5 nitrogen and oxygen atoms in total. The van der Waals surface area contributed by atoms with Crippen LogP contribution in [0.4, 0.5) is 0 Å². The largest absolute Gasteiger partial charge is 0.348 e. The molecule has 1 N–H and O–H groups in total. The van der Waals surface area contributed by atoms with Gasteiger partial charge in [-0.25, -0.2) is 4.98 Å². The smallest absolute Gasteiger partial charge is 0.270 e. The van der Waals surface area contributed by atoms with Crippen LogP contribution in [0.2, 0.25) is 0 Å². The van der Waals surface area contributed by atoms with Crippen LogP contribution in [0, 0.1) is 0 Å². The maximum absolute atomic E-state index is 12.0. The van der Waals surface area contributed by atoms with E-state index >= 15 is 0 Å². The van der Waals surface area contributed by atoms with Gasteiger partial charge in [0.25, 0.3) is 11.5 Å². The van der Waals surface area contributed by atoms with Crippen molar-refractivity contribution in [1.82, 2.24) is 14.9 Å². The summed E-state index contributed by atoms with van der Waals surface area (Å²) in [7, 11) is 0. The van der Waals surface area contributed by atoms with Gasteiger partial charge >= 0.3 is 0 Å². The van der Waals surface area contributed by atoms with Gasteiger partial charge in [-0.05, 0) is 31.7 Å². The predicted octanol–water partition coefficient (Wildman–Crippen LogP) is 1.61. The first kappa shape index (κ1) is 14.0. The van der Waals surface area contributed by atoms with Gasteiger partial charge in [0.1, 0.15) is 5.69 Å². The Morgan fingerprint density at radius 2 is 2.38 bits per heavy atom. The SMILES string of the molecule is CCn1c2c(ccc1=O)CC(NC(=O)c1cscn1)CC2. The Hall–Kier alpha value is -1.95. The zero-order valence-corrected chi connectivity index (χ0v) is 12.7. The molecule has 2 aromatic heterocycles. The molecule has 0 aromatic carbocycles. The first-order chi connectivity index (χ1) is 10.2. The minimum Gasteiger partial charge on any atom is -0.348 e. The van der Waals surface area contributed by atoms with E-state index in [9.17, 15) is 9.59 Å². The number of carbonyl (C=O) groups is 1. The summed E-state index contributed by atoms with van der Waals surface area (Å²) in [6, 6.07) is 3.62. The minimum atomic E-state index is -0.117. The van der Waals surface area contributed by atoms with Crippen molar-refractivity contribution in [2.24, 2.45) is 0 Å². The van der Waals surface area contributed by atoms with Gasteiger partial charge in [-0.3, -0.25) is 9.59 Å². The number of nitrogens with zero attached hydrogens (tertiary/aromatic N) is 2. The average molecular weight is 303 g/mol. The number of pyridine rings is 1. The molecule has 21 heavy (non-hydrogen) atoms. The molecule has 3 rings (SSSR count). The molecule has 0 spiro atoms. The highest BCUT2D eigenvalue weighted by atomic mass is 32.1. The number of amides is 1. The third-order valence-corrected chi connectivity index (χ3v) is 4.49. The molecule has 1 unspecified atom stereocenters. The summed E-state index contributed by atoms with van der Waals surface area (Å²) < 4.78 is 1.83. The standard InChI is InChI=1S/C15H17N3O2S/c1-2-18-13-5-4-11(7-10(13)3-6-14(18)19)17-15(20)12-8-21-9-16-12/h3,6,8-9,11H,2,4-5,7H2,1H3,(H,17,20). The number of hydrogen-bond acceptors (Lipinski definition) is 4. The first-order valence-corrected chi connectivity index (χ1v) is 8.04. The van der Waals surface area contributed by atoms with E-state index in [1.54, 1.807) is 17.0 Å². The Morgan fingerprint density at radius 1 is 1.52 bits per heavy atom. The van der Waals surface area contributed by atoms with E-state index < -0.39 is 0 Å². The van der Waals surface area contributed by atoms with Gasteiger partial charge < -0.3 is 9.88 Å². The van der Waals surface area contributed by atoms with Crippen LogP contribution in [0.1, 0.15) is 35.1 Å². The van der Waals surface area contributed by atoms with E-state index in [-0.39, 0.29) is 17.5 Å². The molecule has 0 saturated heterocycles. The number of carbonyl (C=O) groups excluding carboxylic acids is 1. The van der Waals surface area contributed by atoms with Crippen LogP contribution in [-0.4, -0.2) is 21.5 Å². The highest BCUT2D eigenvalue weighted by Crippen LogP contribution is 2.20. The molecule has 0 fully saturated rings. The first-order valence-electron chi connectivity index (χ1n) is 7.09. The maximum Gasteiger partial charge on any atom is 0.270 e. The van der Waals surface area contributed by atoms with Crippen LogP contribution >= 0.6 is 11.3 Å². The van der Waals surface area contributed by atoms with Crippen LogP contribution in [-0.2, 0) is 19.4 Å². The number of thiazole rings is 1. The fourth-order valence-electron chi connectivity index (χ4n) is 2.88. The van der Waals surface area contributed by atoms with E-state index in [4.69, 9.17) is 0 Å². The lowest BCUT2D eigenvalue weighted by Gasteiger charge is -2.27. The van der Waals surface area contributed by atoms with Crippen molar-refractivity contribution in [2.45, 2.75) is 38.8 Å². The van der Waals surface area contributed by atoms with Gasteiger partial charge in [0.2, 0.25) is 0 Å². The van der Waals surface area contributed by atoms with Gasteiger partial charge in [-0.1, -0.05) is 6.07 Å². The van der Waals surface area contributed by atoms with Crippen molar-refractivity contribution < 1.29 is 4.79 Å². The van der Waals surface area contributed by atoms with Gasteiger partial charge in [-0.2, -0.15) is 0 Å². The molecule has 2 heterocycles. The third kappa shape index (κ3) is 2.76. The second kappa shape index (κ2) is 5.81. The summed E-state index contributed by atoms with van der Waals surface area (Å²) in [5, 5.41) is 4.78. The van der Waals surface area contributed by atoms with E-state index in [0.717, 1.165) is 30.5 Å². The van der Waals surface area contributed by atoms with Crippen molar-refractivity contribution in [3.05, 3.63) is 50.3 Å². The lowest BCUT2D eigenvalue weighted by atomic mass is 9.91. The van der Waals surface area contributed by atoms with Gasteiger partial charge in [0, 0.05) is 29.7 Å². The Kier molecular flexibility index (Phi) is 3.88. The molecule has 1 aliphatic rings. The Labute approximate surface area is 126 Å². The molecule has 2 aromatic rings. The second-order valence-corrected chi connectivity index (χ2v) is 5.89. The van der Waals surface area contributed by atoms with Crippen LogP contribution < -0.4 is 10.9 Å². The van der Waals surface area contributed by atoms with E-state index in [2.05, 4.69) is 10.3 Å². The molecule has 0 bridgehead atoms. The van der Waals surface area contributed by atoms with E-state index in [1.807, 2.05) is 17.6 Å². The lowest BCUT2D eigenvalue weighted by molar-refractivity contribution is 0.0929. The van der Waals surface area contributed by atoms with Crippen molar-refractivity contribution in [3.63, 3.8) is 0 Å². The fraction of sp³-hybridized carbons (Fsp3) is 0.400. The molecule has 0 aliphatic heterocycles. The number of nitrogens with one attached hydrogen (secondary N) is 1. The quantitative estimate of drug-likeness (QED) is 0.937. The van der Waals surface area contributed by atoms with Crippen molar-refractivity contribution in [2.75, 3.05) is 0 Å². The van der Waals surface area contributed by atoms with Gasteiger partial charge in [0.05, 0.1) is 5.51 Å². The maximum atomic E-state index is 12.0. The molecular weight excluding hydrogens is 286 g/mol. The molecular formula is C15H17N3O2S. The molecule has 1 atom stereocenters. The van der Waals surface area contributed by atoms with Gasteiger partial charge in [-0.15, -0.1) is 11.3 Å². The van der Waals surface area contributed by atoms with Crippen molar-refractivity contribution in [1.29, 1.82) is 0 Å². The number of hydrogen-bond donors (Lipinski definition) is 1. The summed E-state index contributed by atoms with van der Waals surface area (Å²) in [5.41, 5.74) is 4.46. The predicted molar refractivity (Wildman–Crippen MR) is 81.8 cm³/mol. The minimum absolute atomic E-state index is 0.0567. The lowest BCUT2D eigenvalue weighted by Crippen LogP contribution is -2.40. The third-order valence-electron chi connectivity index (χ3n) is 3.90. The summed E-state index contributed by atoms with van der Waals surface area (Å²) in [5.74, 6) is -0.117. The zero-order valence-electron chi connectivity index (χ0n) is 11.8. The fourth-order valence-corrected chi connectivity index (χ4v) is 3.41. The Morgan fingerprint density at radius 3 is 3.10 bits per heavy atom. The number of rotatable bonds is 3. The van der Waals surface area contributed by atoms with Crippen LogP contribution in [0.3, 0.4) is 0 Å². The van der Waals surface area contributed by atoms with Crippen molar-refractivity contribution in [3.8, 4) is 0 Å². The highest BCUT2D eigenvalue weighted by molar-refractivity contribution is 7.07. The molecule has 110 valence electrons. The average Bonchev–Trinajstić information content (AvgIpc) is 3.02. The Bertz CT molecular complexity index is 706. The van der Waals surface area contributed by atoms with E-state index in [0.29, 0.717) is 12.2 Å². The van der Waals surface area contributed by atoms with E-state index in [1.165, 1.54) is 11.3 Å². The topological polar surface area (TPSA) is 64.0 Å². The van der Waals surface area contributed by atoms with Crippen LogP contribution in [0.5, 0.6) is 0 Å². The summed E-state index contributed by atoms with van der Waals surface area (Å²) in [6.07, 6.45) is 2.44. The van der Waals surface area contributed by atoms with Crippen LogP contribution in [0.15, 0.2) is 27.8 Å². The summed E-state index contributed by atoms with van der Waals surface area (Å²) in [6.45, 7) is 2.68. The highest BCUT2D eigenvalue weighted by Gasteiger charge is 2.23. The zero-order chi connectivity index (χ0) is 14.8. The Balaban J connectivity index is 1.76. The van der Waals surface area contributed by atoms with Crippen LogP contribution in [0.25, 0.3) is 0 Å². The molecule has 1 amide bonds. The second-order valence-electron chi connectivity index (χ2n) is 5.17. The normalized spacial score (nSPS) is 17.3. The molecule has 1 aliphatic carbocycles. The van der Waals surface area contributed by atoms with Crippen molar-refractivity contribution >= 4 is 17.2 Å². The molecule has 0 saturated carbocycles. The number of aromatic nitrogens is 2. The summed E-state index contributed by atoms with van der Waals surface area (Å²) >= 11 is 1.42. The number of fused-ring (bicyclic) bond motifs is 1. The summed E-state index contributed by atoms with van der Waals surface area (Å²) in [4.78, 5) is 27.9. The molecule has 0 radical (unpaired) electrons. The monoisotopic (exact) mass is 303 g/mol. The van der Waals surface area contributed by atoms with Gasteiger partial charge in [0.15, 0.2) is 0 Å².